The van der Waals surface area contributed by atoms with Crippen LogP contribution in [-0.4, -0.2) is 12.2 Å². The van der Waals surface area contributed by atoms with Crippen LogP contribution in [0, 0.1) is 17.6 Å². The maximum Gasteiger partial charge on any atom is 0.126 e. The van der Waals surface area contributed by atoms with E-state index >= 15 is 0 Å². The third kappa shape index (κ3) is 3.59. The minimum absolute atomic E-state index is 0.426. The molecule has 5 heteroatoms. The number of nitrogens with two attached hydrogens (primary N) is 1. The third-order valence-corrected chi connectivity index (χ3v) is 4.33. The summed E-state index contributed by atoms with van der Waals surface area (Å²) in [5, 5.41) is 0. The van der Waals surface area contributed by atoms with E-state index in [0.29, 0.717) is 18.1 Å². The van der Waals surface area contributed by atoms with Crippen LogP contribution in [0.25, 0.3) is 0 Å². The molecule has 0 heterocycles. The first-order valence-corrected chi connectivity index (χ1v) is 7.57. The molecule has 0 radical (unpaired) electrons. The molecule has 0 aliphatic heterocycles. The van der Waals surface area contributed by atoms with Gasteiger partial charge in [0.2, 0.25) is 0 Å². The van der Waals surface area contributed by atoms with E-state index in [1.165, 1.54) is 12.1 Å². The van der Waals surface area contributed by atoms with Crippen molar-refractivity contribution in [3.63, 3.8) is 0 Å². The summed E-state index contributed by atoms with van der Waals surface area (Å²) in [4.78, 5) is 0. The molecule has 0 saturated heterocycles. The second-order valence-electron chi connectivity index (χ2n) is 6.00. The fourth-order valence-electron chi connectivity index (χ4n) is 3.60. The SMILES string of the molecule is CCOC1(C(NN)c2cc(F)cc(F)c2)CCCC(C)C1. The zero-order valence-electron chi connectivity index (χ0n) is 12.7. The third-order valence-electron chi connectivity index (χ3n) is 4.33. The van der Waals surface area contributed by atoms with Crippen molar-refractivity contribution in [3.8, 4) is 0 Å². The van der Waals surface area contributed by atoms with Crippen molar-refractivity contribution in [2.45, 2.75) is 51.2 Å². The van der Waals surface area contributed by atoms with E-state index in [2.05, 4.69) is 12.3 Å². The summed E-state index contributed by atoms with van der Waals surface area (Å²) in [5.41, 5.74) is 2.72. The Morgan fingerprint density at radius 1 is 1.38 bits per heavy atom. The Kier molecular flexibility index (Phi) is 5.30. The molecule has 118 valence electrons. The van der Waals surface area contributed by atoms with Crippen molar-refractivity contribution in [1.82, 2.24) is 5.43 Å². The maximum atomic E-state index is 13.5. The van der Waals surface area contributed by atoms with Gasteiger partial charge in [-0.3, -0.25) is 11.3 Å². The van der Waals surface area contributed by atoms with Crippen LogP contribution in [-0.2, 0) is 4.74 Å². The van der Waals surface area contributed by atoms with E-state index in [0.717, 1.165) is 31.7 Å². The van der Waals surface area contributed by atoms with Crippen LogP contribution in [0.4, 0.5) is 8.78 Å². The largest absolute Gasteiger partial charge is 0.373 e. The molecule has 3 atom stereocenters. The van der Waals surface area contributed by atoms with Crippen LogP contribution < -0.4 is 11.3 Å². The quantitative estimate of drug-likeness (QED) is 0.646. The van der Waals surface area contributed by atoms with Gasteiger partial charge in [0.25, 0.3) is 0 Å². The lowest BCUT2D eigenvalue weighted by Crippen LogP contribution is -2.51. The molecular weight excluding hydrogens is 274 g/mol. The predicted octanol–water partition coefficient (Wildman–Crippen LogP) is 3.45. The molecule has 3 nitrogen and oxygen atoms in total. The van der Waals surface area contributed by atoms with Gasteiger partial charge in [-0.15, -0.1) is 0 Å². The second kappa shape index (κ2) is 6.81. The Morgan fingerprint density at radius 3 is 2.57 bits per heavy atom. The van der Waals surface area contributed by atoms with E-state index in [4.69, 9.17) is 10.6 Å². The number of hydrogen-bond donors (Lipinski definition) is 2. The highest BCUT2D eigenvalue weighted by Gasteiger charge is 2.43. The number of benzene rings is 1. The zero-order valence-corrected chi connectivity index (χ0v) is 12.7. The van der Waals surface area contributed by atoms with E-state index in [1.807, 2.05) is 6.92 Å². The van der Waals surface area contributed by atoms with Crippen LogP contribution in [0.2, 0.25) is 0 Å². The van der Waals surface area contributed by atoms with Crippen molar-refractivity contribution in [2.75, 3.05) is 6.61 Å². The van der Waals surface area contributed by atoms with Crippen LogP contribution >= 0.6 is 0 Å². The first-order chi connectivity index (χ1) is 10.0. The molecule has 0 aromatic heterocycles. The van der Waals surface area contributed by atoms with Gasteiger partial charge < -0.3 is 4.74 Å². The van der Waals surface area contributed by atoms with Gasteiger partial charge in [-0.2, -0.15) is 0 Å². The average molecular weight is 298 g/mol. The standard InChI is InChI=1S/C16H24F2N2O/c1-3-21-16(6-4-5-11(2)10-16)15(20-19)12-7-13(17)9-14(18)8-12/h7-9,11,15,20H,3-6,10,19H2,1-2H3. The van der Waals surface area contributed by atoms with Crippen molar-refractivity contribution in [3.05, 3.63) is 35.4 Å². The smallest absolute Gasteiger partial charge is 0.126 e. The van der Waals surface area contributed by atoms with Gasteiger partial charge in [0.1, 0.15) is 11.6 Å². The fraction of sp³-hybridized carbons (Fsp3) is 0.625. The summed E-state index contributed by atoms with van der Waals surface area (Å²) >= 11 is 0. The lowest BCUT2D eigenvalue weighted by molar-refractivity contribution is -0.102. The Morgan fingerprint density at radius 2 is 2.05 bits per heavy atom. The second-order valence-corrected chi connectivity index (χ2v) is 6.00. The molecule has 21 heavy (non-hydrogen) atoms. The normalized spacial score (nSPS) is 27.6. The number of nitrogens with one attached hydrogen (secondary N) is 1. The Bertz CT molecular complexity index is 459. The minimum atomic E-state index is -0.597. The lowest BCUT2D eigenvalue weighted by atomic mass is 9.73. The van der Waals surface area contributed by atoms with E-state index in [9.17, 15) is 8.78 Å². The Hall–Kier alpha value is -1.04. The molecule has 0 spiro atoms. The Labute approximate surface area is 124 Å². The summed E-state index contributed by atoms with van der Waals surface area (Å²) in [6.07, 6.45) is 3.83. The number of ether oxygens (including phenoxy) is 1. The zero-order chi connectivity index (χ0) is 15.5. The van der Waals surface area contributed by atoms with Gasteiger partial charge in [-0.1, -0.05) is 19.8 Å². The molecule has 1 saturated carbocycles. The summed E-state index contributed by atoms with van der Waals surface area (Å²) < 4.78 is 33.1. The molecule has 3 unspecified atom stereocenters. The van der Waals surface area contributed by atoms with Crippen molar-refractivity contribution in [1.29, 1.82) is 0 Å². The van der Waals surface area contributed by atoms with Crippen molar-refractivity contribution >= 4 is 0 Å². The molecule has 3 N–H and O–H groups in total. The van der Waals surface area contributed by atoms with E-state index < -0.39 is 23.3 Å². The monoisotopic (exact) mass is 298 g/mol. The van der Waals surface area contributed by atoms with Gasteiger partial charge in [-0.25, -0.2) is 8.78 Å². The summed E-state index contributed by atoms with van der Waals surface area (Å²) in [6, 6.07) is 3.10. The Balaban J connectivity index is 2.39. The van der Waals surface area contributed by atoms with E-state index in [1.54, 1.807) is 0 Å². The summed E-state index contributed by atoms with van der Waals surface area (Å²) in [6.45, 7) is 4.65. The van der Waals surface area contributed by atoms with Crippen molar-refractivity contribution in [2.24, 2.45) is 11.8 Å². The number of rotatable bonds is 5. The molecule has 1 aliphatic rings. The minimum Gasteiger partial charge on any atom is -0.373 e. The molecular formula is C16H24F2N2O. The van der Waals surface area contributed by atoms with Gasteiger partial charge >= 0.3 is 0 Å². The van der Waals surface area contributed by atoms with Crippen molar-refractivity contribution < 1.29 is 13.5 Å². The number of hydrogen-bond acceptors (Lipinski definition) is 3. The number of hydrazine groups is 1. The van der Waals surface area contributed by atoms with Gasteiger partial charge in [0.15, 0.2) is 0 Å². The number of halogens is 2. The molecule has 1 fully saturated rings. The fourth-order valence-corrected chi connectivity index (χ4v) is 3.60. The highest BCUT2D eigenvalue weighted by molar-refractivity contribution is 5.25. The van der Waals surface area contributed by atoms with Crippen LogP contribution in [0.3, 0.4) is 0 Å². The first-order valence-electron chi connectivity index (χ1n) is 7.57. The molecule has 0 amide bonds. The average Bonchev–Trinajstić information content (AvgIpc) is 2.38. The van der Waals surface area contributed by atoms with Crippen LogP contribution in [0.5, 0.6) is 0 Å². The maximum absolute atomic E-state index is 13.5. The lowest BCUT2D eigenvalue weighted by Gasteiger charge is -2.45. The summed E-state index contributed by atoms with van der Waals surface area (Å²) in [5.74, 6) is 5.03. The molecule has 0 bridgehead atoms. The molecule has 1 aromatic rings. The molecule has 1 aromatic carbocycles. The highest BCUT2D eigenvalue weighted by atomic mass is 19.1. The van der Waals surface area contributed by atoms with Gasteiger partial charge in [0.05, 0.1) is 11.6 Å². The van der Waals surface area contributed by atoms with Gasteiger partial charge in [0, 0.05) is 12.7 Å². The molecule has 2 rings (SSSR count). The topological polar surface area (TPSA) is 47.3 Å². The van der Waals surface area contributed by atoms with Crippen LogP contribution in [0.15, 0.2) is 18.2 Å². The van der Waals surface area contributed by atoms with Crippen LogP contribution in [0.1, 0.15) is 51.1 Å². The highest BCUT2D eigenvalue weighted by Crippen LogP contribution is 2.43. The summed E-state index contributed by atoms with van der Waals surface area (Å²) in [7, 11) is 0. The van der Waals surface area contributed by atoms with Gasteiger partial charge in [-0.05, 0) is 43.4 Å². The molecule has 1 aliphatic carbocycles. The predicted molar refractivity (Wildman–Crippen MR) is 78.4 cm³/mol. The first kappa shape index (κ1) is 16.3. The van der Waals surface area contributed by atoms with E-state index in [-0.39, 0.29) is 0 Å².